The topological polar surface area (TPSA) is 26.3 Å². The van der Waals surface area contributed by atoms with Crippen molar-refractivity contribution in [1.29, 1.82) is 0 Å². The molecule has 2 nitrogen and oxygen atoms in total. The number of carbonyl (C=O) groups is 1. The molecule has 2 aromatic rings. The summed E-state index contributed by atoms with van der Waals surface area (Å²) in [4.78, 5) is 12.2. The summed E-state index contributed by atoms with van der Waals surface area (Å²) in [5.41, 5.74) is 4.96. The summed E-state index contributed by atoms with van der Waals surface area (Å²) < 4.78 is 5.44. The van der Waals surface area contributed by atoms with Crippen molar-refractivity contribution in [2.75, 3.05) is 7.11 Å². The van der Waals surface area contributed by atoms with Gasteiger partial charge in [-0.15, -0.1) is 0 Å². The molecule has 3 atom stereocenters. The number of ether oxygens (including phenoxy) is 1. The highest BCUT2D eigenvalue weighted by atomic mass is 16.5. The highest BCUT2D eigenvalue weighted by Crippen LogP contribution is 2.60. The first-order valence-electron chi connectivity index (χ1n) is 7.97. The molecule has 0 aromatic heterocycles. The lowest BCUT2D eigenvalue weighted by Crippen LogP contribution is -2.13. The zero-order valence-corrected chi connectivity index (χ0v) is 13.0. The fraction of sp³-hybridized carbons (Fsp3) is 0.350. The molecule has 2 aliphatic carbocycles. The van der Waals surface area contributed by atoms with Crippen molar-refractivity contribution in [2.45, 2.75) is 37.5 Å². The minimum absolute atomic E-state index is 0.100. The average molecular weight is 292 g/mol. The fourth-order valence-electron chi connectivity index (χ4n) is 4.60. The molecule has 0 spiro atoms. The van der Waals surface area contributed by atoms with Crippen LogP contribution in [0.1, 0.15) is 64.6 Å². The molecule has 2 heteroatoms. The van der Waals surface area contributed by atoms with Crippen LogP contribution in [0.5, 0.6) is 5.75 Å². The maximum absolute atomic E-state index is 12.2. The first-order chi connectivity index (χ1) is 10.7. The minimum atomic E-state index is 0.100. The van der Waals surface area contributed by atoms with Gasteiger partial charge in [0.05, 0.1) is 12.7 Å². The number of rotatable bonds is 3. The quantitative estimate of drug-likeness (QED) is 0.769. The summed E-state index contributed by atoms with van der Waals surface area (Å²) in [6, 6.07) is 14.8. The molecule has 0 radical (unpaired) electrons. The maximum atomic E-state index is 12.2. The van der Waals surface area contributed by atoms with E-state index in [-0.39, 0.29) is 5.78 Å². The lowest BCUT2D eigenvalue weighted by Gasteiger charge is -2.27. The molecule has 0 amide bonds. The smallest absolute Gasteiger partial charge is 0.163 e. The van der Waals surface area contributed by atoms with Crippen molar-refractivity contribution in [3.63, 3.8) is 0 Å². The summed E-state index contributed by atoms with van der Waals surface area (Å²) >= 11 is 0. The van der Waals surface area contributed by atoms with Gasteiger partial charge in [0.1, 0.15) is 5.75 Å². The number of ketones is 1. The number of methoxy groups -OCH3 is 1. The van der Waals surface area contributed by atoms with Crippen LogP contribution in [0.4, 0.5) is 0 Å². The van der Waals surface area contributed by atoms with Crippen molar-refractivity contribution < 1.29 is 9.53 Å². The third kappa shape index (κ3) is 1.83. The summed E-state index contributed by atoms with van der Waals surface area (Å²) in [6.45, 7) is 1.64. The van der Waals surface area contributed by atoms with Crippen LogP contribution < -0.4 is 4.74 Å². The minimum Gasteiger partial charge on any atom is -0.496 e. The van der Waals surface area contributed by atoms with Crippen LogP contribution in [0.3, 0.4) is 0 Å². The second-order valence-electron chi connectivity index (χ2n) is 6.49. The molecule has 4 rings (SSSR count). The van der Waals surface area contributed by atoms with Crippen LogP contribution in [0.15, 0.2) is 42.5 Å². The van der Waals surface area contributed by atoms with Gasteiger partial charge in [-0.25, -0.2) is 0 Å². The van der Waals surface area contributed by atoms with Gasteiger partial charge >= 0.3 is 0 Å². The van der Waals surface area contributed by atoms with E-state index in [4.69, 9.17) is 4.74 Å². The van der Waals surface area contributed by atoms with Gasteiger partial charge in [-0.2, -0.15) is 0 Å². The Morgan fingerprint density at radius 3 is 2.27 bits per heavy atom. The average Bonchev–Trinajstić information content (AvgIpc) is 3.13. The van der Waals surface area contributed by atoms with Crippen LogP contribution >= 0.6 is 0 Å². The Balaban J connectivity index is 1.81. The number of carbonyl (C=O) groups excluding carboxylic acids is 1. The molecule has 2 bridgehead atoms. The van der Waals surface area contributed by atoms with Crippen LogP contribution in [-0.2, 0) is 0 Å². The van der Waals surface area contributed by atoms with E-state index in [9.17, 15) is 4.79 Å². The summed E-state index contributed by atoms with van der Waals surface area (Å²) in [5, 5.41) is 0. The van der Waals surface area contributed by atoms with Crippen LogP contribution in [0.2, 0.25) is 0 Å². The lowest BCUT2D eigenvalue weighted by molar-refractivity contribution is 0.101. The van der Waals surface area contributed by atoms with Gasteiger partial charge in [-0.05, 0) is 60.3 Å². The predicted molar refractivity (Wildman–Crippen MR) is 86.9 cm³/mol. The van der Waals surface area contributed by atoms with Crippen molar-refractivity contribution in [2.24, 2.45) is 0 Å². The van der Waals surface area contributed by atoms with Crippen molar-refractivity contribution in [1.82, 2.24) is 0 Å². The number of hydrogen-bond acceptors (Lipinski definition) is 2. The Morgan fingerprint density at radius 1 is 0.955 bits per heavy atom. The Bertz CT molecular complexity index is 747. The second-order valence-corrected chi connectivity index (χ2v) is 6.49. The monoisotopic (exact) mass is 292 g/mol. The third-order valence-corrected chi connectivity index (χ3v) is 5.43. The SMILES string of the molecule is COc1cccc(C2CC3CC2c2ccccc23)c1C(C)=O. The normalized spacial score (nSPS) is 25.1. The lowest BCUT2D eigenvalue weighted by atomic mass is 9.77. The first-order valence-corrected chi connectivity index (χ1v) is 7.97. The van der Waals surface area contributed by atoms with Gasteiger partial charge in [0, 0.05) is 0 Å². The highest BCUT2D eigenvalue weighted by Gasteiger charge is 2.45. The van der Waals surface area contributed by atoms with E-state index in [0.29, 0.717) is 23.5 Å². The number of fused-ring (bicyclic) bond motifs is 5. The van der Waals surface area contributed by atoms with Crippen molar-refractivity contribution in [3.05, 3.63) is 64.7 Å². The van der Waals surface area contributed by atoms with E-state index < -0.39 is 0 Å². The van der Waals surface area contributed by atoms with Gasteiger partial charge in [0.2, 0.25) is 0 Å². The predicted octanol–water partition coefficient (Wildman–Crippen LogP) is 4.66. The molecule has 112 valence electrons. The Morgan fingerprint density at radius 2 is 1.59 bits per heavy atom. The van der Waals surface area contributed by atoms with Crippen molar-refractivity contribution >= 4 is 5.78 Å². The van der Waals surface area contributed by atoms with Crippen LogP contribution in [0, 0.1) is 0 Å². The van der Waals surface area contributed by atoms with E-state index in [0.717, 1.165) is 12.0 Å². The van der Waals surface area contributed by atoms with E-state index in [1.165, 1.54) is 23.1 Å². The summed E-state index contributed by atoms with van der Waals surface area (Å²) in [6.07, 6.45) is 2.37. The molecule has 3 unspecified atom stereocenters. The van der Waals surface area contributed by atoms with E-state index in [1.54, 1.807) is 14.0 Å². The number of benzene rings is 2. The zero-order valence-electron chi connectivity index (χ0n) is 13.0. The fourth-order valence-corrected chi connectivity index (χ4v) is 4.60. The van der Waals surface area contributed by atoms with Gasteiger partial charge in [0.15, 0.2) is 5.78 Å². The standard InChI is InChI=1S/C20H20O2/c1-12(21)20-16(8-5-9-19(20)22-2)18-11-13-10-17(18)15-7-4-3-6-14(13)15/h3-9,13,17-18H,10-11H2,1-2H3. The molecule has 0 aliphatic heterocycles. The summed E-state index contributed by atoms with van der Waals surface area (Å²) in [5.74, 6) is 2.45. The van der Waals surface area contributed by atoms with Gasteiger partial charge in [-0.3, -0.25) is 4.79 Å². The highest BCUT2D eigenvalue weighted by molar-refractivity contribution is 5.98. The molecule has 22 heavy (non-hydrogen) atoms. The molecule has 0 heterocycles. The first kappa shape index (κ1) is 13.6. The molecule has 0 saturated heterocycles. The van der Waals surface area contributed by atoms with Gasteiger partial charge in [0.25, 0.3) is 0 Å². The molecule has 1 fully saturated rings. The molecular weight excluding hydrogens is 272 g/mol. The summed E-state index contributed by atoms with van der Waals surface area (Å²) in [7, 11) is 1.64. The van der Waals surface area contributed by atoms with E-state index in [1.807, 2.05) is 12.1 Å². The molecule has 1 saturated carbocycles. The van der Waals surface area contributed by atoms with Gasteiger partial charge in [-0.1, -0.05) is 36.4 Å². The molecule has 2 aliphatic rings. The van der Waals surface area contributed by atoms with Crippen molar-refractivity contribution in [3.8, 4) is 5.75 Å². The Kier molecular flexibility index (Phi) is 3.07. The molecule has 0 N–H and O–H groups in total. The number of Topliss-reactive ketones (excluding diaryl/α,β-unsaturated/α-hetero) is 1. The Labute approximate surface area is 131 Å². The maximum Gasteiger partial charge on any atom is 0.163 e. The number of hydrogen-bond donors (Lipinski definition) is 0. The van der Waals surface area contributed by atoms with Crippen LogP contribution in [0.25, 0.3) is 0 Å². The largest absolute Gasteiger partial charge is 0.496 e. The van der Waals surface area contributed by atoms with E-state index in [2.05, 4.69) is 30.3 Å². The zero-order chi connectivity index (χ0) is 15.3. The second kappa shape index (κ2) is 4.98. The molecular formula is C20H20O2. The third-order valence-electron chi connectivity index (χ3n) is 5.43. The Hall–Kier alpha value is -2.09. The van der Waals surface area contributed by atoms with Gasteiger partial charge < -0.3 is 4.74 Å². The van der Waals surface area contributed by atoms with Crippen LogP contribution in [-0.4, -0.2) is 12.9 Å². The molecule has 2 aromatic carbocycles. The van der Waals surface area contributed by atoms with E-state index >= 15 is 0 Å².